The quantitative estimate of drug-likeness (QED) is 0.354. The molecule has 4 heteroatoms. The van der Waals surface area contributed by atoms with Gasteiger partial charge in [-0.25, -0.2) is 9.59 Å². The molecule has 0 amide bonds. The highest BCUT2D eigenvalue weighted by atomic mass is 16.6. The van der Waals surface area contributed by atoms with Crippen LogP contribution < -0.4 is 0 Å². The second-order valence-corrected chi connectivity index (χ2v) is 2.18. The van der Waals surface area contributed by atoms with Gasteiger partial charge in [0.15, 0.2) is 0 Å². The number of ether oxygens (including phenoxy) is 2. The summed E-state index contributed by atoms with van der Waals surface area (Å²) in [5.41, 5.74) is 0. The number of hydrogen-bond donors (Lipinski definition) is 0. The standard InChI is InChI=1S/C8H10O4/c1-5(2)11-7(9)8(10)12-6(3)4/h1,3H2,2,4H3. The van der Waals surface area contributed by atoms with Crippen LogP contribution in [0.2, 0.25) is 0 Å². The minimum Gasteiger partial charge on any atom is -0.424 e. The molecule has 0 aliphatic rings. The molecule has 0 rings (SSSR count). The molecule has 0 unspecified atom stereocenters. The highest BCUT2D eigenvalue weighted by molar-refractivity contribution is 6.30. The predicted octanol–water partition coefficient (Wildman–Crippen LogP) is 1.14. The molecule has 0 saturated heterocycles. The first-order valence-corrected chi connectivity index (χ1v) is 3.18. The van der Waals surface area contributed by atoms with Gasteiger partial charge in [-0.1, -0.05) is 13.2 Å². The van der Waals surface area contributed by atoms with Crippen LogP contribution in [0, 0.1) is 0 Å². The summed E-state index contributed by atoms with van der Waals surface area (Å²) in [7, 11) is 0. The smallest absolute Gasteiger partial charge is 0.422 e. The van der Waals surface area contributed by atoms with Crippen molar-refractivity contribution >= 4 is 11.9 Å². The lowest BCUT2D eigenvalue weighted by molar-refractivity contribution is -0.162. The van der Waals surface area contributed by atoms with E-state index in [-0.39, 0.29) is 11.5 Å². The molecule has 0 aliphatic heterocycles. The lowest BCUT2D eigenvalue weighted by Crippen LogP contribution is -2.18. The van der Waals surface area contributed by atoms with E-state index < -0.39 is 11.9 Å². The third kappa shape index (κ3) is 4.27. The Hall–Kier alpha value is -1.58. The molecule has 66 valence electrons. The van der Waals surface area contributed by atoms with Gasteiger partial charge in [0.2, 0.25) is 0 Å². The number of allylic oxidation sites excluding steroid dienone is 2. The van der Waals surface area contributed by atoms with Gasteiger partial charge in [0.05, 0.1) is 11.5 Å². The van der Waals surface area contributed by atoms with E-state index in [4.69, 9.17) is 0 Å². The average molecular weight is 170 g/mol. The van der Waals surface area contributed by atoms with Crippen LogP contribution in [-0.2, 0) is 19.1 Å². The molecule has 0 aromatic heterocycles. The highest BCUT2D eigenvalue weighted by Crippen LogP contribution is 1.97. The highest BCUT2D eigenvalue weighted by Gasteiger charge is 2.17. The molecule has 0 aliphatic carbocycles. The normalized spacial score (nSPS) is 8.50. The van der Waals surface area contributed by atoms with Crippen LogP contribution in [0.15, 0.2) is 24.7 Å². The average Bonchev–Trinajstić information content (AvgIpc) is 1.84. The Balaban J connectivity index is 4.03. The van der Waals surface area contributed by atoms with Gasteiger partial charge in [0.25, 0.3) is 0 Å². The second kappa shape index (κ2) is 4.33. The molecule has 0 N–H and O–H groups in total. The van der Waals surface area contributed by atoms with E-state index in [1.54, 1.807) is 0 Å². The molecule has 0 atom stereocenters. The van der Waals surface area contributed by atoms with Gasteiger partial charge >= 0.3 is 11.9 Å². The number of esters is 2. The van der Waals surface area contributed by atoms with Crippen LogP contribution in [0.1, 0.15) is 13.8 Å². The fraction of sp³-hybridized carbons (Fsp3) is 0.250. The Labute approximate surface area is 70.5 Å². The van der Waals surface area contributed by atoms with Crippen LogP contribution in [0.4, 0.5) is 0 Å². The number of carbonyl (C=O) groups is 2. The van der Waals surface area contributed by atoms with Crippen LogP contribution >= 0.6 is 0 Å². The maximum absolute atomic E-state index is 10.7. The van der Waals surface area contributed by atoms with Gasteiger partial charge in [-0.15, -0.1) is 0 Å². The zero-order valence-electron chi connectivity index (χ0n) is 7.05. The Bertz CT molecular complexity index is 213. The summed E-state index contributed by atoms with van der Waals surface area (Å²) in [5.74, 6) is -1.91. The van der Waals surface area contributed by atoms with E-state index in [1.807, 2.05) is 0 Å². The largest absolute Gasteiger partial charge is 0.424 e. The second-order valence-electron chi connectivity index (χ2n) is 2.18. The minimum absolute atomic E-state index is 0.138. The van der Waals surface area contributed by atoms with Gasteiger partial charge in [0, 0.05) is 0 Å². The molecular weight excluding hydrogens is 160 g/mol. The van der Waals surface area contributed by atoms with E-state index in [0.717, 1.165) is 0 Å². The van der Waals surface area contributed by atoms with Crippen molar-refractivity contribution in [3.63, 3.8) is 0 Å². The van der Waals surface area contributed by atoms with Gasteiger partial charge in [-0.3, -0.25) is 0 Å². The van der Waals surface area contributed by atoms with Gasteiger partial charge in [-0.05, 0) is 13.8 Å². The SMILES string of the molecule is C=C(C)OC(=O)C(=O)OC(=C)C. The Morgan fingerprint density at radius 1 is 0.917 bits per heavy atom. The molecule has 4 nitrogen and oxygen atoms in total. The van der Waals surface area contributed by atoms with Crippen molar-refractivity contribution in [3.8, 4) is 0 Å². The van der Waals surface area contributed by atoms with Crippen molar-refractivity contribution < 1.29 is 19.1 Å². The van der Waals surface area contributed by atoms with Crippen molar-refractivity contribution in [2.45, 2.75) is 13.8 Å². The van der Waals surface area contributed by atoms with Crippen molar-refractivity contribution in [2.75, 3.05) is 0 Å². The molecule has 0 radical (unpaired) electrons. The molecule has 12 heavy (non-hydrogen) atoms. The van der Waals surface area contributed by atoms with Crippen molar-refractivity contribution in [1.29, 1.82) is 0 Å². The van der Waals surface area contributed by atoms with Crippen LogP contribution in [0.3, 0.4) is 0 Å². The maximum Gasteiger partial charge on any atom is 0.422 e. The zero-order chi connectivity index (χ0) is 9.72. The van der Waals surface area contributed by atoms with E-state index in [9.17, 15) is 9.59 Å². The van der Waals surface area contributed by atoms with Crippen molar-refractivity contribution in [1.82, 2.24) is 0 Å². The summed E-state index contributed by atoms with van der Waals surface area (Å²) in [6, 6.07) is 0. The molecule has 0 aromatic rings. The third-order valence-corrected chi connectivity index (χ3v) is 0.701. The van der Waals surface area contributed by atoms with Gasteiger partial charge < -0.3 is 9.47 Å². The Kier molecular flexibility index (Phi) is 3.76. The monoisotopic (exact) mass is 170 g/mol. The van der Waals surface area contributed by atoms with E-state index >= 15 is 0 Å². The maximum atomic E-state index is 10.7. The summed E-state index contributed by atoms with van der Waals surface area (Å²) in [6.07, 6.45) is 0. The van der Waals surface area contributed by atoms with Crippen LogP contribution in [-0.4, -0.2) is 11.9 Å². The molecule has 0 spiro atoms. The molecule has 0 aromatic carbocycles. The van der Waals surface area contributed by atoms with Gasteiger partial charge in [-0.2, -0.15) is 0 Å². The van der Waals surface area contributed by atoms with E-state index in [0.29, 0.717) is 0 Å². The number of carbonyl (C=O) groups excluding carboxylic acids is 2. The first-order valence-electron chi connectivity index (χ1n) is 3.18. The van der Waals surface area contributed by atoms with E-state index in [1.165, 1.54) is 13.8 Å². The molecule has 0 bridgehead atoms. The molecule has 0 fully saturated rings. The van der Waals surface area contributed by atoms with Crippen molar-refractivity contribution in [2.24, 2.45) is 0 Å². The Morgan fingerprint density at radius 3 is 1.33 bits per heavy atom. The Morgan fingerprint density at radius 2 is 1.17 bits per heavy atom. The summed E-state index contributed by atoms with van der Waals surface area (Å²) in [6.45, 7) is 9.47. The fourth-order valence-electron chi connectivity index (χ4n) is 0.400. The lowest BCUT2D eigenvalue weighted by atomic mass is 10.6. The fourth-order valence-corrected chi connectivity index (χ4v) is 0.400. The summed E-state index contributed by atoms with van der Waals surface area (Å²) >= 11 is 0. The third-order valence-electron chi connectivity index (χ3n) is 0.701. The summed E-state index contributed by atoms with van der Waals surface area (Å²) in [5, 5.41) is 0. The first-order chi connectivity index (χ1) is 5.43. The zero-order valence-corrected chi connectivity index (χ0v) is 7.05. The molecular formula is C8H10O4. The number of hydrogen-bond acceptors (Lipinski definition) is 4. The van der Waals surface area contributed by atoms with Crippen molar-refractivity contribution in [3.05, 3.63) is 24.7 Å². The molecule has 0 heterocycles. The number of rotatable bonds is 2. The van der Waals surface area contributed by atoms with Crippen LogP contribution in [0.5, 0.6) is 0 Å². The van der Waals surface area contributed by atoms with Gasteiger partial charge in [0.1, 0.15) is 0 Å². The summed E-state index contributed by atoms with van der Waals surface area (Å²) < 4.78 is 8.73. The topological polar surface area (TPSA) is 52.6 Å². The van der Waals surface area contributed by atoms with Crippen LogP contribution in [0.25, 0.3) is 0 Å². The minimum atomic E-state index is -1.09. The van der Waals surface area contributed by atoms with E-state index in [2.05, 4.69) is 22.6 Å². The lowest BCUT2D eigenvalue weighted by Gasteiger charge is -2.02. The first kappa shape index (κ1) is 10.4. The predicted molar refractivity (Wildman–Crippen MR) is 41.8 cm³/mol. The summed E-state index contributed by atoms with van der Waals surface area (Å²) in [4.78, 5) is 21.4. The molecule has 0 saturated carbocycles.